The predicted molar refractivity (Wildman–Crippen MR) is 203 cm³/mol. The number of hydrogen-bond acceptors (Lipinski definition) is 7. The highest BCUT2D eigenvalue weighted by molar-refractivity contribution is 7.86. The lowest BCUT2D eigenvalue weighted by Crippen LogP contribution is -2.34. The molecule has 2 aromatic carbocycles. The lowest BCUT2D eigenvalue weighted by atomic mass is 9.92. The molecular formula is C40H52N3O7S+. The highest BCUT2D eigenvalue weighted by Crippen LogP contribution is 2.43. The average molecular weight is 719 g/mol. The van der Waals surface area contributed by atoms with E-state index in [0.717, 1.165) is 50.1 Å². The summed E-state index contributed by atoms with van der Waals surface area (Å²) in [6.45, 7) is 18.9. The zero-order valence-corrected chi connectivity index (χ0v) is 31.6. The summed E-state index contributed by atoms with van der Waals surface area (Å²) in [6.07, 6.45) is 2.86. The summed E-state index contributed by atoms with van der Waals surface area (Å²) < 4.78 is 51.1. The number of benzene rings is 3. The Balaban J connectivity index is 1.90. The molecule has 4 rings (SSSR count). The van der Waals surface area contributed by atoms with Crippen LogP contribution in [-0.2, 0) is 31.0 Å². The van der Waals surface area contributed by atoms with Gasteiger partial charge in [-0.2, -0.15) is 8.42 Å². The number of unbranched alkanes of at least 4 members (excludes halogenated alkanes) is 2. The molecule has 0 saturated heterocycles. The second-order valence-corrected chi connectivity index (χ2v) is 14.1. The molecule has 51 heavy (non-hydrogen) atoms. The van der Waals surface area contributed by atoms with E-state index < -0.39 is 16.1 Å². The molecule has 0 spiro atoms. The van der Waals surface area contributed by atoms with Gasteiger partial charge in [-0.25, -0.2) is 9.37 Å². The van der Waals surface area contributed by atoms with Crippen LogP contribution < -0.4 is 14.8 Å². The van der Waals surface area contributed by atoms with Crippen LogP contribution in [0.25, 0.3) is 33.4 Å². The number of carbonyl (C=O) groups excluding carboxylic acids is 2. The zero-order valence-electron chi connectivity index (χ0n) is 30.8. The molecule has 0 aromatic heterocycles. The highest BCUT2D eigenvalue weighted by Gasteiger charge is 2.26. The fourth-order valence-corrected chi connectivity index (χ4v) is 7.13. The number of carbonyl (C=O) groups is 2. The number of nitrogens with zero attached hydrogens (tertiary/aromatic N) is 3. The van der Waals surface area contributed by atoms with Crippen molar-refractivity contribution in [3.05, 3.63) is 77.7 Å². The topological polar surface area (TPSA) is 120 Å². The van der Waals surface area contributed by atoms with Crippen molar-refractivity contribution in [2.75, 3.05) is 44.2 Å². The minimum atomic E-state index is -4.74. The maximum atomic E-state index is 13.3. The Labute approximate surface area is 302 Å². The van der Waals surface area contributed by atoms with Gasteiger partial charge in [0.15, 0.2) is 0 Å². The first kappa shape index (κ1) is 39.3. The standard InChI is InChI=1S/C40H51N3O7S/c1-8-13-14-15-38(44)43(22-23-49-40(45)28(6)7)27-29-16-19-34(37(24-29)51(46,47)48)39-32-20-17-30(41(9-2)10-3)25-35(32)50-36-26-31(18-21-33(36)39)42(11-4)12-5/h16-21,24-26H,6,8-15,22-23,27H2,1-5,7H3/p+1. The van der Waals surface area contributed by atoms with Gasteiger partial charge in [0.25, 0.3) is 10.1 Å². The predicted octanol–water partition coefficient (Wildman–Crippen LogP) is 7.14. The second kappa shape index (κ2) is 17.6. The number of esters is 1. The lowest BCUT2D eigenvalue weighted by Gasteiger charge is -2.24. The second-order valence-electron chi connectivity index (χ2n) is 12.7. The van der Waals surface area contributed by atoms with Gasteiger partial charge < -0.3 is 19.0 Å². The van der Waals surface area contributed by atoms with Gasteiger partial charge in [-0.3, -0.25) is 9.35 Å². The van der Waals surface area contributed by atoms with Crippen LogP contribution in [0.5, 0.6) is 0 Å². The van der Waals surface area contributed by atoms with Gasteiger partial charge in [0, 0.05) is 71.5 Å². The first-order chi connectivity index (χ1) is 24.4. The van der Waals surface area contributed by atoms with E-state index in [2.05, 4.69) is 50.7 Å². The summed E-state index contributed by atoms with van der Waals surface area (Å²) >= 11 is 0. The highest BCUT2D eigenvalue weighted by atomic mass is 32.2. The number of rotatable bonds is 17. The summed E-state index contributed by atoms with van der Waals surface area (Å²) in [7, 11) is -4.74. The maximum absolute atomic E-state index is 13.3. The van der Waals surface area contributed by atoms with Gasteiger partial charge in [0.1, 0.15) is 35.9 Å². The molecule has 1 heterocycles. The number of fused-ring (bicyclic) bond motifs is 2. The van der Waals surface area contributed by atoms with E-state index in [1.165, 1.54) is 6.07 Å². The largest absolute Gasteiger partial charge is 0.460 e. The number of ether oxygens (including phenoxy) is 1. The monoisotopic (exact) mass is 718 g/mol. The van der Waals surface area contributed by atoms with Gasteiger partial charge in [0.2, 0.25) is 11.3 Å². The maximum Gasteiger partial charge on any atom is 0.333 e. The van der Waals surface area contributed by atoms with Crippen LogP contribution in [0.1, 0.15) is 72.8 Å². The summed E-state index contributed by atoms with van der Waals surface area (Å²) in [5.74, 6) is -0.104. The van der Waals surface area contributed by atoms with Gasteiger partial charge in [0.05, 0.1) is 12.6 Å². The van der Waals surface area contributed by atoms with Crippen molar-refractivity contribution in [1.82, 2.24) is 9.48 Å². The number of anilines is 1. The van der Waals surface area contributed by atoms with E-state index in [1.54, 1.807) is 24.0 Å². The molecule has 11 heteroatoms. The van der Waals surface area contributed by atoms with Crippen LogP contribution in [0.3, 0.4) is 0 Å². The first-order valence-corrected chi connectivity index (χ1v) is 19.3. The molecule has 0 fully saturated rings. The summed E-state index contributed by atoms with van der Waals surface area (Å²) in [5, 5.41) is 1.67. The Morgan fingerprint density at radius 1 is 0.922 bits per heavy atom. The molecule has 0 unspecified atom stereocenters. The summed E-state index contributed by atoms with van der Waals surface area (Å²) in [6, 6.07) is 16.7. The molecule has 1 aliphatic carbocycles. The van der Waals surface area contributed by atoms with E-state index in [0.29, 0.717) is 51.8 Å². The molecule has 2 aliphatic rings. The smallest absolute Gasteiger partial charge is 0.333 e. The molecule has 0 bridgehead atoms. The molecule has 10 nitrogen and oxygen atoms in total. The van der Waals surface area contributed by atoms with Crippen LogP contribution in [0.15, 0.2) is 76.1 Å². The average Bonchev–Trinajstić information content (AvgIpc) is 3.10. The number of amides is 1. The Bertz CT molecular complexity index is 2020. The third-order valence-electron chi connectivity index (χ3n) is 9.20. The molecule has 2 aromatic rings. The van der Waals surface area contributed by atoms with Gasteiger partial charge in [-0.15, -0.1) is 0 Å². The van der Waals surface area contributed by atoms with E-state index in [1.807, 2.05) is 36.4 Å². The third-order valence-corrected chi connectivity index (χ3v) is 10.1. The Morgan fingerprint density at radius 3 is 2.25 bits per heavy atom. The zero-order chi connectivity index (χ0) is 37.3. The van der Waals surface area contributed by atoms with Crippen molar-refractivity contribution < 1.29 is 31.7 Å². The summed E-state index contributed by atoms with van der Waals surface area (Å²) in [5.41, 5.74) is 3.94. The minimum Gasteiger partial charge on any atom is -0.460 e. The van der Waals surface area contributed by atoms with Crippen molar-refractivity contribution in [1.29, 1.82) is 0 Å². The molecule has 1 N–H and O–H groups in total. The molecular weight excluding hydrogens is 667 g/mol. The van der Waals surface area contributed by atoms with Crippen LogP contribution in [0.2, 0.25) is 0 Å². The minimum absolute atomic E-state index is 0.0368. The van der Waals surface area contributed by atoms with Crippen LogP contribution in [-0.4, -0.2) is 69.1 Å². The van der Waals surface area contributed by atoms with Crippen molar-refractivity contribution >= 4 is 38.7 Å². The SMILES string of the molecule is C=C(C)C(=O)OCCN(Cc1ccc(-c2c3ccc(=[N+](CC)CC)cc-3oc3cc(N(CC)CC)ccc23)c(S(=O)(=O)O)c1)C(=O)CCCCC. The van der Waals surface area contributed by atoms with Crippen molar-refractivity contribution in [2.24, 2.45) is 0 Å². The molecule has 1 aliphatic heterocycles. The molecule has 0 saturated carbocycles. The Kier molecular flexibility index (Phi) is 13.6. The van der Waals surface area contributed by atoms with Crippen LogP contribution in [0.4, 0.5) is 5.69 Å². The Morgan fingerprint density at radius 2 is 1.63 bits per heavy atom. The molecule has 274 valence electrons. The molecule has 0 radical (unpaired) electrons. The van der Waals surface area contributed by atoms with E-state index in [-0.39, 0.29) is 36.1 Å². The lowest BCUT2D eigenvalue weighted by molar-refractivity contribution is -0.142. The van der Waals surface area contributed by atoms with Crippen molar-refractivity contribution in [2.45, 2.75) is 78.7 Å². The third kappa shape index (κ3) is 9.45. The summed E-state index contributed by atoms with van der Waals surface area (Å²) in [4.78, 5) is 28.8. The van der Waals surface area contributed by atoms with E-state index >= 15 is 0 Å². The van der Waals surface area contributed by atoms with E-state index in [9.17, 15) is 22.6 Å². The van der Waals surface area contributed by atoms with Crippen molar-refractivity contribution in [3.8, 4) is 22.5 Å². The van der Waals surface area contributed by atoms with E-state index in [4.69, 9.17) is 9.15 Å². The molecule has 0 atom stereocenters. The normalized spacial score (nSPS) is 11.5. The van der Waals surface area contributed by atoms with Crippen LogP contribution >= 0.6 is 0 Å². The Hall–Kier alpha value is -4.48. The fourth-order valence-electron chi connectivity index (χ4n) is 6.38. The van der Waals surface area contributed by atoms with Gasteiger partial charge in [-0.1, -0.05) is 38.5 Å². The molecule has 1 amide bonds. The van der Waals surface area contributed by atoms with Gasteiger partial charge in [-0.05, 0) is 70.9 Å². The van der Waals surface area contributed by atoms with Crippen LogP contribution in [0, 0.1) is 0 Å². The quantitative estimate of drug-likeness (QED) is 0.0306. The van der Waals surface area contributed by atoms with Gasteiger partial charge >= 0.3 is 5.97 Å². The first-order valence-electron chi connectivity index (χ1n) is 17.9. The number of hydrogen-bond donors (Lipinski definition) is 1. The van der Waals surface area contributed by atoms with Crippen molar-refractivity contribution in [3.63, 3.8) is 0 Å². The fraction of sp³-hybridized carbons (Fsp3) is 0.425.